The number of rotatable bonds is 7. The third kappa shape index (κ3) is 4.39. The van der Waals surface area contributed by atoms with E-state index in [0.29, 0.717) is 17.1 Å². The number of hydrogen-bond donors (Lipinski definition) is 0. The quantitative estimate of drug-likeness (QED) is 0.419. The van der Waals surface area contributed by atoms with Gasteiger partial charge in [0.1, 0.15) is 11.5 Å². The monoisotopic (exact) mass is 328 g/mol. The predicted octanol–water partition coefficient (Wildman–Crippen LogP) is 4.71. The van der Waals surface area contributed by atoms with E-state index in [1.807, 2.05) is 42.5 Å². The van der Waals surface area contributed by atoms with Crippen LogP contribution in [-0.4, -0.2) is 25.8 Å². The molecule has 0 aliphatic heterocycles. The van der Waals surface area contributed by atoms with Crippen molar-refractivity contribution in [2.75, 3.05) is 20.0 Å². The molecule has 2 aromatic carbocycles. The lowest BCUT2D eigenvalue weighted by Gasteiger charge is -2.09. The van der Waals surface area contributed by atoms with Crippen LogP contribution in [0.5, 0.6) is 11.5 Å². The number of ketones is 1. The van der Waals surface area contributed by atoms with Crippen LogP contribution in [0, 0.1) is 0 Å². The Labute approximate surface area is 141 Å². The van der Waals surface area contributed by atoms with Gasteiger partial charge in [0, 0.05) is 10.5 Å². The van der Waals surface area contributed by atoms with E-state index in [2.05, 4.69) is 6.92 Å². The molecule has 0 aliphatic carbocycles. The number of carbonyl (C=O) groups is 1. The molecule has 23 heavy (non-hydrogen) atoms. The summed E-state index contributed by atoms with van der Waals surface area (Å²) in [7, 11) is 3.19. The minimum absolute atomic E-state index is 0.0500. The highest BCUT2D eigenvalue weighted by molar-refractivity contribution is 7.99. The van der Waals surface area contributed by atoms with Crippen LogP contribution in [-0.2, 0) is 0 Å². The molecule has 0 unspecified atom stereocenters. The first-order valence-electron chi connectivity index (χ1n) is 7.35. The van der Waals surface area contributed by atoms with E-state index >= 15 is 0 Å². The van der Waals surface area contributed by atoms with Crippen molar-refractivity contribution in [3.8, 4) is 11.5 Å². The number of carbonyl (C=O) groups excluding carboxylic acids is 1. The van der Waals surface area contributed by atoms with E-state index < -0.39 is 0 Å². The van der Waals surface area contributed by atoms with Crippen molar-refractivity contribution < 1.29 is 14.3 Å². The molecule has 0 aromatic heterocycles. The summed E-state index contributed by atoms with van der Waals surface area (Å²) in [4.78, 5) is 13.5. The van der Waals surface area contributed by atoms with Gasteiger partial charge in [-0.3, -0.25) is 4.79 Å². The van der Waals surface area contributed by atoms with Gasteiger partial charge in [-0.25, -0.2) is 0 Å². The molecular weight excluding hydrogens is 308 g/mol. The van der Waals surface area contributed by atoms with Gasteiger partial charge in [-0.1, -0.05) is 13.0 Å². The smallest absolute Gasteiger partial charge is 0.185 e. The molecule has 0 spiro atoms. The summed E-state index contributed by atoms with van der Waals surface area (Å²) in [5.41, 5.74) is 1.42. The highest BCUT2D eigenvalue weighted by Crippen LogP contribution is 2.29. The summed E-state index contributed by atoms with van der Waals surface area (Å²) in [6.07, 6.45) is 3.27. The van der Waals surface area contributed by atoms with Crippen LogP contribution in [0.15, 0.2) is 53.4 Å². The fraction of sp³-hybridized carbons (Fsp3) is 0.211. The van der Waals surface area contributed by atoms with E-state index in [4.69, 9.17) is 9.47 Å². The number of methoxy groups -OCH3 is 2. The molecule has 0 bridgehead atoms. The number of allylic oxidation sites excluding steroid dienone is 1. The molecule has 2 aromatic rings. The maximum atomic E-state index is 12.3. The highest BCUT2D eigenvalue weighted by atomic mass is 32.2. The molecule has 4 heteroatoms. The average Bonchev–Trinajstić information content (AvgIpc) is 2.60. The fourth-order valence-electron chi connectivity index (χ4n) is 2.18. The zero-order valence-electron chi connectivity index (χ0n) is 13.5. The molecule has 0 radical (unpaired) electrons. The molecule has 2 rings (SSSR count). The zero-order valence-corrected chi connectivity index (χ0v) is 14.4. The van der Waals surface area contributed by atoms with E-state index in [1.54, 1.807) is 38.1 Å². The molecule has 0 amide bonds. The zero-order chi connectivity index (χ0) is 16.7. The summed E-state index contributed by atoms with van der Waals surface area (Å²) >= 11 is 1.75. The molecule has 0 saturated heterocycles. The molecule has 3 nitrogen and oxygen atoms in total. The molecule has 120 valence electrons. The Morgan fingerprint density at radius 2 is 1.65 bits per heavy atom. The van der Waals surface area contributed by atoms with Crippen LogP contribution in [0.25, 0.3) is 6.08 Å². The second-order valence-electron chi connectivity index (χ2n) is 4.73. The Morgan fingerprint density at radius 3 is 2.17 bits per heavy atom. The molecule has 0 saturated carbocycles. The van der Waals surface area contributed by atoms with Gasteiger partial charge in [-0.15, -0.1) is 11.8 Å². The highest BCUT2D eigenvalue weighted by Gasteiger charge is 2.08. The van der Waals surface area contributed by atoms with Gasteiger partial charge in [-0.05, 0) is 54.3 Å². The average molecular weight is 328 g/mol. The van der Waals surface area contributed by atoms with Crippen LogP contribution < -0.4 is 9.47 Å². The molecule has 0 heterocycles. The normalized spacial score (nSPS) is 10.7. The van der Waals surface area contributed by atoms with Crippen molar-refractivity contribution in [3.05, 3.63) is 59.7 Å². The second kappa shape index (κ2) is 8.44. The first-order chi connectivity index (χ1) is 11.2. The van der Waals surface area contributed by atoms with E-state index in [1.165, 1.54) is 4.90 Å². The summed E-state index contributed by atoms with van der Waals surface area (Å²) < 4.78 is 10.6. The Hall–Kier alpha value is -2.20. The van der Waals surface area contributed by atoms with Crippen LogP contribution >= 0.6 is 11.8 Å². The first kappa shape index (κ1) is 17.2. The summed E-state index contributed by atoms with van der Waals surface area (Å²) in [5, 5.41) is 0. The van der Waals surface area contributed by atoms with Crippen molar-refractivity contribution in [1.29, 1.82) is 0 Å². The van der Waals surface area contributed by atoms with E-state index in [-0.39, 0.29) is 5.78 Å². The second-order valence-corrected chi connectivity index (χ2v) is 6.07. The van der Waals surface area contributed by atoms with Gasteiger partial charge < -0.3 is 9.47 Å². The van der Waals surface area contributed by atoms with Crippen molar-refractivity contribution >= 4 is 23.6 Å². The van der Waals surface area contributed by atoms with Gasteiger partial charge in [0.15, 0.2) is 5.78 Å². The van der Waals surface area contributed by atoms with Crippen LogP contribution in [0.2, 0.25) is 0 Å². The number of hydrogen-bond acceptors (Lipinski definition) is 4. The topological polar surface area (TPSA) is 35.5 Å². The van der Waals surface area contributed by atoms with Crippen LogP contribution in [0.3, 0.4) is 0 Å². The van der Waals surface area contributed by atoms with E-state index in [9.17, 15) is 4.79 Å². The molecular formula is C19H20O3S. The van der Waals surface area contributed by atoms with Crippen molar-refractivity contribution in [1.82, 2.24) is 0 Å². The van der Waals surface area contributed by atoms with Crippen LogP contribution in [0.4, 0.5) is 0 Å². The largest absolute Gasteiger partial charge is 0.496 e. The molecule has 0 fully saturated rings. The SMILES string of the molecule is CCSc1ccc(C(=O)C=Cc2c(OC)cccc2OC)cc1. The lowest BCUT2D eigenvalue weighted by molar-refractivity contribution is 0.104. The number of benzene rings is 2. The van der Waals surface area contributed by atoms with E-state index in [0.717, 1.165) is 11.3 Å². The minimum Gasteiger partial charge on any atom is -0.496 e. The standard InChI is InChI=1S/C19H20O3S/c1-4-23-15-10-8-14(9-11-15)17(20)13-12-16-18(21-2)6-5-7-19(16)22-3/h5-13H,4H2,1-3H3. The van der Waals surface area contributed by atoms with Crippen molar-refractivity contribution in [2.24, 2.45) is 0 Å². The Bertz CT molecular complexity index is 668. The summed E-state index contributed by atoms with van der Waals surface area (Å²) in [6, 6.07) is 13.2. The van der Waals surface area contributed by atoms with Gasteiger partial charge in [-0.2, -0.15) is 0 Å². The van der Waals surface area contributed by atoms with Crippen molar-refractivity contribution in [3.63, 3.8) is 0 Å². The fourth-order valence-corrected chi connectivity index (χ4v) is 2.84. The van der Waals surface area contributed by atoms with Gasteiger partial charge in [0.05, 0.1) is 19.8 Å². The third-order valence-electron chi connectivity index (χ3n) is 3.32. The van der Waals surface area contributed by atoms with Crippen LogP contribution in [0.1, 0.15) is 22.8 Å². The third-order valence-corrected chi connectivity index (χ3v) is 4.21. The van der Waals surface area contributed by atoms with Gasteiger partial charge >= 0.3 is 0 Å². The number of ether oxygens (including phenoxy) is 2. The minimum atomic E-state index is -0.0500. The predicted molar refractivity (Wildman–Crippen MR) is 95.8 cm³/mol. The van der Waals surface area contributed by atoms with Gasteiger partial charge in [0.2, 0.25) is 0 Å². The lowest BCUT2D eigenvalue weighted by atomic mass is 10.1. The summed E-state index contributed by atoms with van der Waals surface area (Å²) in [6.45, 7) is 2.10. The summed E-state index contributed by atoms with van der Waals surface area (Å²) in [5.74, 6) is 2.30. The maximum Gasteiger partial charge on any atom is 0.185 e. The van der Waals surface area contributed by atoms with Gasteiger partial charge in [0.25, 0.3) is 0 Å². The van der Waals surface area contributed by atoms with Crippen molar-refractivity contribution in [2.45, 2.75) is 11.8 Å². The number of thioether (sulfide) groups is 1. The Balaban J connectivity index is 2.21. The Kier molecular flexibility index (Phi) is 6.29. The molecule has 0 atom stereocenters. The molecule has 0 aliphatic rings. The first-order valence-corrected chi connectivity index (χ1v) is 8.34. The lowest BCUT2D eigenvalue weighted by Crippen LogP contribution is -1.95. The molecule has 0 N–H and O–H groups in total. The Morgan fingerprint density at radius 1 is 1.04 bits per heavy atom. The maximum absolute atomic E-state index is 12.3.